The fourth-order valence-corrected chi connectivity index (χ4v) is 6.40. The summed E-state index contributed by atoms with van der Waals surface area (Å²) in [6, 6.07) is 8.65. The number of carbonyl (C=O) groups excluding carboxylic acids is 1. The molecule has 0 spiro atoms. The van der Waals surface area contributed by atoms with Crippen LogP contribution in [0.4, 0.5) is 0 Å². The molecule has 1 aliphatic heterocycles. The predicted molar refractivity (Wildman–Crippen MR) is 128 cm³/mol. The van der Waals surface area contributed by atoms with Crippen LogP contribution < -0.4 is 5.32 Å². The molecule has 1 fully saturated rings. The van der Waals surface area contributed by atoms with Crippen molar-refractivity contribution in [3.05, 3.63) is 46.2 Å². The molecule has 0 saturated carbocycles. The van der Waals surface area contributed by atoms with Crippen LogP contribution in [0.1, 0.15) is 46.5 Å². The Morgan fingerprint density at radius 2 is 2.10 bits per heavy atom. The number of nitrogens with one attached hydrogen (secondary N) is 1. The molecule has 3 aromatic rings. The number of amides is 1. The Labute approximate surface area is 191 Å². The maximum Gasteiger partial charge on any atom is 0.274 e. The maximum atomic E-state index is 13.3. The lowest BCUT2D eigenvalue weighted by Crippen LogP contribution is -2.39. The van der Waals surface area contributed by atoms with E-state index in [1.165, 1.54) is 16.0 Å². The smallest absolute Gasteiger partial charge is 0.274 e. The number of para-hydroxylation sites is 1. The van der Waals surface area contributed by atoms with Crippen LogP contribution in [0.2, 0.25) is 0 Å². The second-order valence-electron chi connectivity index (χ2n) is 8.30. The molecule has 6 nitrogen and oxygen atoms in total. The number of thiazole rings is 1. The zero-order chi connectivity index (χ0) is 21.2. The monoisotopic (exact) mass is 455 g/mol. The molecule has 31 heavy (non-hydrogen) atoms. The van der Waals surface area contributed by atoms with Gasteiger partial charge in [-0.2, -0.15) is 16.9 Å². The Bertz CT molecular complexity index is 1040. The van der Waals surface area contributed by atoms with Gasteiger partial charge in [-0.1, -0.05) is 19.1 Å². The second kappa shape index (κ2) is 9.30. The number of aromatic nitrogens is 3. The summed E-state index contributed by atoms with van der Waals surface area (Å²) in [5.41, 5.74) is 4.21. The van der Waals surface area contributed by atoms with E-state index >= 15 is 0 Å². The Morgan fingerprint density at radius 1 is 1.26 bits per heavy atom. The largest absolute Gasteiger partial charge is 0.336 e. The SMILES string of the molecule is CCCn1nc(C(=O)N2CCSCC2)c2c1CCC(NCc1nc3ccccc3s1)C2. The summed E-state index contributed by atoms with van der Waals surface area (Å²) in [5, 5.41) is 9.65. The first-order valence-electron chi connectivity index (χ1n) is 11.3. The molecule has 2 aromatic heterocycles. The highest BCUT2D eigenvalue weighted by molar-refractivity contribution is 7.99. The number of aryl methyl sites for hydroxylation is 1. The lowest BCUT2D eigenvalue weighted by atomic mass is 9.91. The molecule has 1 saturated heterocycles. The van der Waals surface area contributed by atoms with Gasteiger partial charge in [-0.3, -0.25) is 9.48 Å². The molecule has 0 bridgehead atoms. The molecule has 5 rings (SSSR count). The number of carbonyl (C=O) groups is 1. The van der Waals surface area contributed by atoms with Crippen molar-refractivity contribution in [1.29, 1.82) is 0 Å². The van der Waals surface area contributed by atoms with Gasteiger partial charge in [0.1, 0.15) is 5.01 Å². The Morgan fingerprint density at radius 3 is 2.90 bits per heavy atom. The highest BCUT2D eigenvalue weighted by Gasteiger charge is 2.31. The summed E-state index contributed by atoms with van der Waals surface area (Å²) in [5.74, 6) is 2.17. The average molecular weight is 456 g/mol. The van der Waals surface area contributed by atoms with Crippen LogP contribution in [-0.2, 0) is 25.9 Å². The topological polar surface area (TPSA) is 63.1 Å². The number of thioether (sulfide) groups is 1. The van der Waals surface area contributed by atoms with Gasteiger partial charge in [-0.15, -0.1) is 11.3 Å². The third-order valence-corrected chi connectivity index (χ3v) is 8.14. The summed E-state index contributed by atoms with van der Waals surface area (Å²) in [6.07, 6.45) is 3.94. The van der Waals surface area contributed by atoms with Gasteiger partial charge in [-0.05, 0) is 37.8 Å². The average Bonchev–Trinajstić information content (AvgIpc) is 3.39. The van der Waals surface area contributed by atoms with E-state index in [4.69, 9.17) is 10.1 Å². The first-order chi connectivity index (χ1) is 15.2. The number of hydrogen-bond donors (Lipinski definition) is 1. The lowest BCUT2D eigenvalue weighted by molar-refractivity contribution is 0.0764. The zero-order valence-corrected chi connectivity index (χ0v) is 19.6. The van der Waals surface area contributed by atoms with Gasteiger partial charge in [0.15, 0.2) is 5.69 Å². The Kier molecular flexibility index (Phi) is 6.29. The van der Waals surface area contributed by atoms with Gasteiger partial charge >= 0.3 is 0 Å². The van der Waals surface area contributed by atoms with E-state index in [2.05, 4.69) is 35.1 Å². The van der Waals surface area contributed by atoms with Crippen LogP contribution in [0.3, 0.4) is 0 Å². The van der Waals surface area contributed by atoms with Crippen LogP contribution >= 0.6 is 23.1 Å². The third kappa shape index (κ3) is 4.38. The number of nitrogens with zero attached hydrogens (tertiary/aromatic N) is 4. The van der Waals surface area contributed by atoms with Crippen molar-refractivity contribution in [2.24, 2.45) is 0 Å². The molecular weight excluding hydrogens is 426 g/mol. The second-order valence-corrected chi connectivity index (χ2v) is 10.6. The van der Waals surface area contributed by atoms with E-state index in [1.807, 2.05) is 22.7 Å². The molecule has 3 heterocycles. The van der Waals surface area contributed by atoms with Gasteiger partial charge in [0.25, 0.3) is 5.91 Å². The van der Waals surface area contributed by atoms with Crippen LogP contribution in [-0.4, -0.2) is 56.2 Å². The van der Waals surface area contributed by atoms with E-state index < -0.39 is 0 Å². The summed E-state index contributed by atoms with van der Waals surface area (Å²) >= 11 is 3.68. The van der Waals surface area contributed by atoms with Gasteiger partial charge < -0.3 is 10.2 Å². The molecular formula is C23H29N5OS2. The van der Waals surface area contributed by atoms with Crippen LogP contribution in [0.25, 0.3) is 10.2 Å². The van der Waals surface area contributed by atoms with Gasteiger partial charge in [0, 0.05) is 55.0 Å². The quantitative estimate of drug-likeness (QED) is 0.614. The minimum absolute atomic E-state index is 0.123. The lowest BCUT2D eigenvalue weighted by Gasteiger charge is -2.27. The molecule has 1 atom stereocenters. The van der Waals surface area contributed by atoms with Crippen LogP contribution in [0.5, 0.6) is 0 Å². The first-order valence-corrected chi connectivity index (χ1v) is 13.2. The van der Waals surface area contributed by atoms with Gasteiger partial charge in [0.05, 0.1) is 10.2 Å². The molecule has 1 aliphatic carbocycles. The maximum absolute atomic E-state index is 13.3. The van der Waals surface area contributed by atoms with Crippen molar-refractivity contribution in [2.45, 2.75) is 51.7 Å². The molecule has 8 heteroatoms. The van der Waals surface area contributed by atoms with Crippen molar-refractivity contribution < 1.29 is 4.79 Å². The van der Waals surface area contributed by atoms with Crippen molar-refractivity contribution in [3.8, 4) is 0 Å². The molecule has 1 aromatic carbocycles. The van der Waals surface area contributed by atoms with Crippen LogP contribution in [0.15, 0.2) is 24.3 Å². The van der Waals surface area contributed by atoms with E-state index in [1.54, 1.807) is 11.3 Å². The van der Waals surface area contributed by atoms with E-state index in [-0.39, 0.29) is 5.91 Å². The molecule has 164 valence electrons. The highest BCUT2D eigenvalue weighted by atomic mass is 32.2. The van der Waals surface area contributed by atoms with E-state index in [0.717, 1.165) is 73.9 Å². The van der Waals surface area contributed by atoms with E-state index in [0.29, 0.717) is 11.7 Å². The Hall–Kier alpha value is -1.90. The first kappa shape index (κ1) is 21.0. The fraction of sp³-hybridized carbons (Fsp3) is 0.522. The predicted octanol–water partition coefficient (Wildman–Crippen LogP) is 3.74. The number of hydrogen-bond acceptors (Lipinski definition) is 6. The van der Waals surface area contributed by atoms with Crippen molar-refractivity contribution in [1.82, 2.24) is 25.0 Å². The highest BCUT2D eigenvalue weighted by Crippen LogP contribution is 2.28. The fourth-order valence-electron chi connectivity index (χ4n) is 4.57. The third-order valence-electron chi connectivity index (χ3n) is 6.16. The minimum atomic E-state index is 0.123. The molecule has 1 N–H and O–H groups in total. The van der Waals surface area contributed by atoms with Gasteiger partial charge in [-0.25, -0.2) is 4.98 Å². The Balaban J connectivity index is 1.33. The molecule has 1 amide bonds. The normalized spacial score (nSPS) is 19.0. The summed E-state index contributed by atoms with van der Waals surface area (Å²) in [4.78, 5) is 20.0. The molecule has 0 radical (unpaired) electrons. The van der Waals surface area contributed by atoms with E-state index in [9.17, 15) is 4.79 Å². The van der Waals surface area contributed by atoms with Crippen LogP contribution in [0, 0.1) is 0 Å². The summed E-state index contributed by atoms with van der Waals surface area (Å²) in [7, 11) is 0. The molecule has 2 aliphatic rings. The number of benzene rings is 1. The van der Waals surface area contributed by atoms with Crippen molar-refractivity contribution >= 4 is 39.2 Å². The minimum Gasteiger partial charge on any atom is -0.336 e. The standard InChI is InChI=1S/C23H29N5OS2/c1-2-9-28-19-8-7-16(24-15-21-25-18-5-3-4-6-20(18)31-21)14-17(19)22(26-28)23(29)27-10-12-30-13-11-27/h3-6,16,24H,2,7-15H2,1H3. The van der Waals surface area contributed by atoms with Crippen molar-refractivity contribution in [3.63, 3.8) is 0 Å². The number of fused-ring (bicyclic) bond motifs is 2. The summed E-state index contributed by atoms with van der Waals surface area (Å²) in [6.45, 7) is 5.49. The zero-order valence-electron chi connectivity index (χ0n) is 18.0. The van der Waals surface area contributed by atoms with Crippen molar-refractivity contribution in [2.75, 3.05) is 24.6 Å². The van der Waals surface area contributed by atoms with Gasteiger partial charge in [0.2, 0.25) is 0 Å². The molecule has 1 unspecified atom stereocenters. The summed E-state index contributed by atoms with van der Waals surface area (Å²) < 4.78 is 3.34. The number of rotatable bonds is 6.